The maximum atomic E-state index is 10.8. The van der Waals surface area contributed by atoms with Gasteiger partial charge in [-0.2, -0.15) is 0 Å². The highest BCUT2D eigenvalue weighted by Crippen LogP contribution is 2.27. The van der Waals surface area contributed by atoms with Crippen molar-refractivity contribution < 1.29 is 4.92 Å². The molecule has 0 N–H and O–H groups in total. The first-order chi connectivity index (χ1) is 7.47. The fraction of sp³-hybridized carbons (Fsp3) is 0.545. The van der Waals surface area contributed by atoms with Crippen molar-refractivity contribution in [1.82, 2.24) is 4.98 Å². The van der Waals surface area contributed by atoms with Gasteiger partial charge in [0, 0.05) is 29.1 Å². The predicted molar refractivity (Wildman–Crippen MR) is 64.0 cm³/mol. The topological polar surface area (TPSA) is 56.0 Å². The van der Waals surface area contributed by atoms with Gasteiger partial charge >= 0.3 is 0 Å². The van der Waals surface area contributed by atoms with E-state index >= 15 is 0 Å². The van der Waals surface area contributed by atoms with Crippen LogP contribution in [0.2, 0.25) is 0 Å². The lowest BCUT2D eigenvalue weighted by molar-refractivity contribution is -0.385. The molecule has 0 amide bonds. The van der Waals surface area contributed by atoms with Crippen molar-refractivity contribution in [3.63, 3.8) is 0 Å². The monoisotopic (exact) mass is 242 g/mol. The molecule has 4 nitrogen and oxygen atoms in total. The van der Waals surface area contributed by atoms with Gasteiger partial charge < -0.3 is 0 Å². The number of nitro groups is 1. The van der Waals surface area contributed by atoms with Gasteiger partial charge in [0.25, 0.3) is 5.69 Å². The average molecular weight is 243 g/mol. The van der Waals surface area contributed by atoms with Gasteiger partial charge in [-0.1, -0.05) is 13.8 Å². The molecule has 0 bridgehead atoms. The van der Waals surface area contributed by atoms with Gasteiger partial charge in [0.15, 0.2) is 0 Å². The molecule has 0 aromatic carbocycles. The fourth-order valence-corrected chi connectivity index (χ4v) is 1.64. The Balaban J connectivity index is 3.07. The summed E-state index contributed by atoms with van der Waals surface area (Å²) >= 11 is 6.11. The summed E-state index contributed by atoms with van der Waals surface area (Å²) in [7, 11) is 0. The van der Waals surface area contributed by atoms with Gasteiger partial charge in [-0.15, -0.1) is 11.6 Å². The largest absolute Gasteiger partial charge is 0.275 e. The van der Waals surface area contributed by atoms with Crippen LogP contribution in [0.5, 0.6) is 0 Å². The molecule has 0 fully saturated rings. The number of aryl methyl sites for hydroxylation is 1. The molecule has 5 heteroatoms. The zero-order valence-corrected chi connectivity index (χ0v) is 10.4. The summed E-state index contributed by atoms with van der Waals surface area (Å²) in [4.78, 5) is 14.6. The number of alkyl halides is 1. The van der Waals surface area contributed by atoms with Crippen LogP contribution in [0, 0.1) is 17.0 Å². The van der Waals surface area contributed by atoms with E-state index < -0.39 is 0 Å². The maximum absolute atomic E-state index is 10.8. The maximum Gasteiger partial charge on any atom is 0.275 e. The van der Waals surface area contributed by atoms with Gasteiger partial charge in [-0.05, 0) is 13.3 Å². The Morgan fingerprint density at radius 2 is 2.25 bits per heavy atom. The van der Waals surface area contributed by atoms with Crippen LogP contribution in [0.1, 0.15) is 37.4 Å². The van der Waals surface area contributed by atoms with E-state index in [9.17, 15) is 10.1 Å². The molecule has 1 rings (SSSR count). The van der Waals surface area contributed by atoms with Crippen molar-refractivity contribution in [3.8, 4) is 0 Å². The van der Waals surface area contributed by atoms with Crippen molar-refractivity contribution in [3.05, 3.63) is 33.6 Å². The highest BCUT2D eigenvalue weighted by molar-refractivity contribution is 6.21. The van der Waals surface area contributed by atoms with E-state index in [1.165, 1.54) is 12.3 Å². The van der Waals surface area contributed by atoms with Crippen LogP contribution in [0.3, 0.4) is 0 Å². The van der Waals surface area contributed by atoms with Crippen LogP contribution in [0.15, 0.2) is 12.3 Å². The van der Waals surface area contributed by atoms with Gasteiger partial charge in [0.2, 0.25) is 0 Å². The molecule has 1 aromatic rings. The van der Waals surface area contributed by atoms with Crippen LogP contribution in [-0.4, -0.2) is 15.3 Å². The van der Waals surface area contributed by atoms with E-state index in [0.717, 1.165) is 6.42 Å². The average Bonchev–Trinajstić information content (AvgIpc) is 2.27. The summed E-state index contributed by atoms with van der Waals surface area (Å²) in [5.74, 6) is 0.0194. The number of nitrogens with zero attached hydrogens (tertiary/aromatic N) is 2. The van der Waals surface area contributed by atoms with E-state index in [-0.39, 0.29) is 21.9 Å². The second-order valence-corrected chi connectivity index (χ2v) is 4.43. The normalized spacial score (nSPS) is 14.5. The molecule has 2 atom stereocenters. The zero-order chi connectivity index (χ0) is 12.3. The quantitative estimate of drug-likeness (QED) is 0.462. The number of aromatic nitrogens is 1. The molecule has 16 heavy (non-hydrogen) atoms. The van der Waals surface area contributed by atoms with Crippen LogP contribution < -0.4 is 0 Å². The highest BCUT2D eigenvalue weighted by atomic mass is 35.5. The van der Waals surface area contributed by atoms with E-state index in [4.69, 9.17) is 11.6 Å². The van der Waals surface area contributed by atoms with E-state index in [1.54, 1.807) is 6.92 Å². The standard InChI is InChI=1S/C11H15ClN2O2/c1-4-9(12)8(3)10-5-11(14(15)16)7(2)6-13-10/h5-6,8-9H,4H2,1-3H3. The molecule has 0 aliphatic heterocycles. The lowest BCUT2D eigenvalue weighted by Gasteiger charge is -2.15. The number of halogens is 1. The first-order valence-electron chi connectivity index (χ1n) is 5.22. The third-order valence-corrected chi connectivity index (χ3v) is 3.38. The van der Waals surface area contributed by atoms with Gasteiger partial charge in [0.1, 0.15) is 0 Å². The molecule has 0 saturated heterocycles. The third kappa shape index (κ3) is 2.70. The Kier molecular flexibility index (Phi) is 4.24. The molecule has 0 spiro atoms. The third-order valence-electron chi connectivity index (χ3n) is 2.69. The second-order valence-electron chi connectivity index (χ2n) is 3.87. The van der Waals surface area contributed by atoms with Crippen molar-refractivity contribution in [2.24, 2.45) is 0 Å². The summed E-state index contributed by atoms with van der Waals surface area (Å²) in [6.45, 7) is 5.59. The molecule has 1 heterocycles. The molecular formula is C11H15ClN2O2. The molecule has 0 aliphatic rings. The minimum Gasteiger partial charge on any atom is -0.260 e. The summed E-state index contributed by atoms with van der Waals surface area (Å²) < 4.78 is 0. The Bertz CT molecular complexity index is 396. The Labute approximate surface area is 99.8 Å². The molecular weight excluding hydrogens is 228 g/mol. The zero-order valence-electron chi connectivity index (χ0n) is 9.61. The summed E-state index contributed by atoms with van der Waals surface area (Å²) in [6, 6.07) is 1.52. The van der Waals surface area contributed by atoms with Crippen LogP contribution >= 0.6 is 11.6 Å². The Morgan fingerprint density at radius 1 is 1.62 bits per heavy atom. The molecule has 1 aromatic heterocycles. The van der Waals surface area contributed by atoms with Crippen LogP contribution in [0.4, 0.5) is 5.69 Å². The van der Waals surface area contributed by atoms with Crippen molar-refractivity contribution in [1.29, 1.82) is 0 Å². The highest BCUT2D eigenvalue weighted by Gasteiger charge is 2.20. The van der Waals surface area contributed by atoms with Crippen molar-refractivity contribution in [2.75, 3.05) is 0 Å². The predicted octanol–water partition coefficient (Wildman–Crippen LogP) is 3.42. The summed E-state index contributed by atoms with van der Waals surface area (Å²) in [6.07, 6.45) is 2.34. The number of hydrogen-bond acceptors (Lipinski definition) is 3. The minimum absolute atomic E-state index is 0.0194. The second kappa shape index (κ2) is 5.25. The molecule has 88 valence electrons. The van der Waals surface area contributed by atoms with Crippen molar-refractivity contribution >= 4 is 17.3 Å². The van der Waals surface area contributed by atoms with E-state index in [0.29, 0.717) is 11.3 Å². The molecule has 0 aliphatic carbocycles. The van der Waals surface area contributed by atoms with Crippen LogP contribution in [-0.2, 0) is 0 Å². The van der Waals surface area contributed by atoms with Gasteiger partial charge in [-0.3, -0.25) is 15.1 Å². The lowest BCUT2D eigenvalue weighted by atomic mass is 10.00. The van der Waals surface area contributed by atoms with Crippen LogP contribution in [0.25, 0.3) is 0 Å². The fourth-order valence-electron chi connectivity index (χ4n) is 1.51. The number of rotatable bonds is 4. The smallest absolute Gasteiger partial charge is 0.260 e. The summed E-state index contributed by atoms with van der Waals surface area (Å²) in [5, 5.41) is 10.7. The lowest BCUT2D eigenvalue weighted by Crippen LogP contribution is -2.10. The molecule has 0 radical (unpaired) electrons. The minimum atomic E-state index is -0.386. The number of pyridine rings is 1. The SMILES string of the molecule is CCC(Cl)C(C)c1cc([N+](=O)[O-])c(C)cn1. The molecule has 0 saturated carbocycles. The first-order valence-corrected chi connectivity index (χ1v) is 5.66. The van der Waals surface area contributed by atoms with E-state index in [2.05, 4.69) is 4.98 Å². The Morgan fingerprint density at radius 3 is 2.75 bits per heavy atom. The summed E-state index contributed by atoms with van der Waals surface area (Å²) in [5.41, 5.74) is 1.36. The van der Waals surface area contributed by atoms with Gasteiger partial charge in [0.05, 0.1) is 10.6 Å². The number of hydrogen-bond donors (Lipinski definition) is 0. The molecule has 2 unspecified atom stereocenters. The van der Waals surface area contributed by atoms with Gasteiger partial charge in [-0.25, -0.2) is 0 Å². The van der Waals surface area contributed by atoms with E-state index in [1.807, 2.05) is 13.8 Å². The first kappa shape index (κ1) is 12.9. The Hall–Kier alpha value is -1.16. The van der Waals surface area contributed by atoms with Crippen molar-refractivity contribution in [2.45, 2.75) is 38.5 Å².